The van der Waals surface area contributed by atoms with Gasteiger partial charge in [-0.2, -0.15) is 0 Å². The molecule has 5 nitrogen and oxygen atoms in total. The van der Waals surface area contributed by atoms with Gasteiger partial charge in [-0.1, -0.05) is 38.0 Å². The van der Waals surface area contributed by atoms with Crippen LogP contribution in [0.2, 0.25) is 0 Å². The number of carbonyl (C=O) groups is 1. The first kappa shape index (κ1) is 20.4. The van der Waals surface area contributed by atoms with Crippen molar-refractivity contribution in [1.82, 2.24) is 4.90 Å². The Labute approximate surface area is 185 Å². The van der Waals surface area contributed by atoms with Gasteiger partial charge in [0, 0.05) is 43.3 Å². The van der Waals surface area contributed by atoms with E-state index in [0.717, 1.165) is 36.9 Å². The maximum absolute atomic E-state index is 12.4. The maximum atomic E-state index is 12.4. The third-order valence-corrected chi connectivity index (χ3v) is 7.53. The van der Waals surface area contributed by atoms with Gasteiger partial charge in [0.05, 0.1) is 11.4 Å². The summed E-state index contributed by atoms with van der Waals surface area (Å²) >= 11 is 0. The van der Waals surface area contributed by atoms with Crippen LogP contribution in [0.1, 0.15) is 56.9 Å². The van der Waals surface area contributed by atoms with Crippen LogP contribution in [0.3, 0.4) is 0 Å². The van der Waals surface area contributed by atoms with Gasteiger partial charge < -0.3 is 10.6 Å². The first-order valence-electron chi connectivity index (χ1n) is 12.0. The number of benzene rings is 2. The molecular formula is C26H34N4O. The number of piperidine rings is 1. The van der Waals surface area contributed by atoms with Crippen LogP contribution in [0.4, 0.5) is 21.9 Å². The van der Waals surface area contributed by atoms with Crippen molar-refractivity contribution in [2.75, 3.05) is 29.4 Å². The predicted molar refractivity (Wildman–Crippen MR) is 127 cm³/mol. The Morgan fingerprint density at radius 3 is 2.55 bits per heavy atom. The van der Waals surface area contributed by atoms with Gasteiger partial charge in [-0.15, -0.1) is 0 Å². The molecular weight excluding hydrogens is 384 g/mol. The third-order valence-electron chi connectivity index (χ3n) is 7.53. The Bertz CT molecular complexity index is 924. The van der Waals surface area contributed by atoms with Gasteiger partial charge in [0.15, 0.2) is 0 Å². The molecule has 1 saturated heterocycles. The number of anilines is 3. The van der Waals surface area contributed by atoms with Crippen LogP contribution in [0.5, 0.6) is 0 Å². The Morgan fingerprint density at radius 2 is 1.84 bits per heavy atom. The zero-order valence-electron chi connectivity index (χ0n) is 18.5. The van der Waals surface area contributed by atoms with Crippen molar-refractivity contribution in [1.29, 1.82) is 0 Å². The Balaban J connectivity index is 1.51. The van der Waals surface area contributed by atoms with Gasteiger partial charge in [-0.3, -0.25) is 9.80 Å². The lowest BCUT2D eigenvalue weighted by atomic mass is 9.88. The lowest BCUT2D eigenvalue weighted by molar-refractivity contribution is 0.140. The molecule has 2 N–H and O–H groups in total. The average molecular weight is 419 g/mol. The molecule has 2 aromatic carbocycles. The minimum Gasteiger partial charge on any atom is -0.368 e. The van der Waals surface area contributed by atoms with Crippen LogP contribution < -0.4 is 15.5 Å². The van der Waals surface area contributed by atoms with Crippen LogP contribution in [0.15, 0.2) is 48.5 Å². The second-order valence-corrected chi connectivity index (χ2v) is 9.34. The minimum atomic E-state index is -0.442. The lowest BCUT2D eigenvalue weighted by Crippen LogP contribution is -2.49. The SMILES string of the molecule is CCCN1c2ccc(N(C(N)=O)c3ccccc3)cc2C2CN(C3CCCC3)CCC21. The highest BCUT2D eigenvalue weighted by molar-refractivity contribution is 5.98. The van der Waals surface area contributed by atoms with E-state index in [9.17, 15) is 4.79 Å². The zero-order chi connectivity index (χ0) is 21.4. The third kappa shape index (κ3) is 3.69. The number of fused-ring (bicyclic) bond motifs is 3. The van der Waals surface area contributed by atoms with E-state index in [0.29, 0.717) is 12.0 Å². The monoisotopic (exact) mass is 418 g/mol. The van der Waals surface area contributed by atoms with Gasteiger partial charge in [-0.05, 0) is 61.6 Å². The molecule has 31 heavy (non-hydrogen) atoms. The molecule has 2 unspecified atom stereocenters. The summed E-state index contributed by atoms with van der Waals surface area (Å²) in [5.74, 6) is 0.501. The Morgan fingerprint density at radius 1 is 1.06 bits per heavy atom. The standard InChI is InChI=1S/C26H34N4O/c1-2-15-29-24-13-12-21(30(26(27)31)20-10-4-3-5-11-20)17-22(24)23-18-28(16-14-25(23)29)19-8-6-7-9-19/h3-5,10-13,17,19,23,25H,2,6-9,14-16,18H2,1H3,(H2,27,31). The largest absolute Gasteiger partial charge is 0.368 e. The molecule has 2 fully saturated rings. The molecule has 2 atom stereocenters. The molecule has 0 aromatic heterocycles. The number of nitrogens with zero attached hydrogens (tertiary/aromatic N) is 3. The number of amides is 2. The van der Waals surface area contributed by atoms with Crippen molar-refractivity contribution >= 4 is 23.1 Å². The molecule has 5 rings (SSSR count). The number of rotatable bonds is 5. The van der Waals surface area contributed by atoms with Crippen molar-refractivity contribution in [2.24, 2.45) is 5.73 Å². The number of primary amides is 1. The fraction of sp³-hybridized carbons (Fsp3) is 0.500. The van der Waals surface area contributed by atoms with Crippen LogP contribution in [0.25, 0.3) is 0 Å². The van der Waals surface area contributed by atoms with Gasteiger partial charge in [-0.25, -0.2) is 4.79 Å². The summed E-state index contributed by atoms with van der Waals surface area (Å²) in [6.07, 6.45) is 7.83. The second-order valence-electron chi connectivity index (χ2n) is 9.34. The van der Waals surface area contributed by atoms with Crippen molar-refractivity contribution in [3.63, 3.8) is 0 Å². The van der Waals surface area contributed by atoms with Crippen LogP contribution in [-0.4, -0.2) is 42.6 Å². The topological polar surface area (TPSA) is 52.8 Å². The van der Waals surface area contributed by atoms with Crippen molar-refractivity contribution < 1.29 is 4.79 Å². The summed E-state index contributed by atoms with van der Waals surface area (Å²) in [7, 11) is 0. The second kappa shape index (κ2) is 8.54. The van der Waals surface area contributed by atoms with Gasteiger partial charge in [0.2, 0.25) is 0 Å². The van der Waals surface area contributed by atoms with E-state index in [1.807, 2.05) is 30.3 Å². The van der Waals surface area contributed by atoms with E-state index in [4.69, 9.17) is 5.73 Å². The first-order valence-corrected chi connectivity index (χ1v) is 12.0. The maximum Gasteiger partial charge on any atom is 0.323 e. The Hall–Kier alpha value is -2.53. The van der Waals surface area contributed by atoms with E-state index in [-0.39, 0.29) is 0 Å². The normalized spacial score (nSPS) is 23.6. The van der Waals surface area contributed by atoms with E-state index < -0.39 is 6.03 Å². The molecule has 2 heterocycles. The summed E-state index contributed by atoms with van der Waals surface area (Å²) < 4.78 is 0. The molecule has 2 aliphatic heterocycles. The summed E-state index contributed by atoms with van der Waals surface area (Å²) in [6, 6.07) is 17.1. The smallest absolute Gasteiger partial charge is 0.323 e. The van der Waals surface area contributed by atoms with Gasteiger partial charge >= 0.3 is 6.03 Å². The minimum absolute atomic E-state index is 0.442. The fourth-order valence-corrected chi connectivity index (χ4v) is 6.17. The van der Waals surface area contributed by atoms with Gasteiger partial charge in [0.1, 0.15) is 0 Å². The predicted octanol–water partition coefficient (Wildman–Crippen LogP) is 5.23. The van der Waals surface area contributed by atoms with E-state index >= 15 is 0 Å². The molecule has 0 radical (unpaired) electrons. The Kier molecular flexibility index (Phi) is 5.61. The van der Waals surface area contributed by atoms with E-state index in [1.54, 1.807) is 4.90 Å². The number of para-hydroxylation sites is 1. The number of carbonyl (C=O) groups excluding carboxylic acids is 1. The molecule has 1 saturated carbocycles. The molecule has 0 bridgehead atoms. The summed E-state index contributed by atoms with van der Waals surface area (Å²) in [6.45, 7) is 5.70. The van der Waals surface area contributed by atoms with E-state index in [1.165, 1.54) is 49.9 Å². The fourth-order valence-electron chi connectivity index (χ4n) is 6.17. The van der Waals surface area contributed by atoms with Crippen LogP contribution >= 0.6 is 0 Å². The molecule has 2 amide bonds. The molecule has 3 aliphatic rings. The van der Waals surface area contributed by atoms with Crippen LogP contribution in [0, 0.1) is 0 Å². The number of hydrogen-bond donors (Lipinski definition) is 1. The average Bonchev–Trinajstić information content (AvgIpc) is 3.42. The zero-order valence-corrected chi connectivity index (χ0v) is 18.5. The quantitative estimate of drug-likeness (QED) is 0.723. The molecule has 5 heteroatoms. The highest BCUT2D eigenvalue weighted by atomic mass is 16.2. The summed E-state index contributed by atoms with van der Waals surface area (Å²) in [4.78, 5) is 19.4. The molecule has 164 valence electrons. The highest BCUT2D eigenvalue weighted by Crippen LogP contribution is 2.47. The van der Waals surface area contributed by atoms with E-state index in [2.05, 4.69) is 34.9 Å². The van der Waals surface area contributed by atoms with Crippen LogP contribution in [-0.2, 0) is 0 Å². The number of hydrogen-bond acceptors (Lipinski definition) is 3. The molecule has 1 aliphatic carbocycles. The van der Waals surface area contributed by atoms with Crippen molar-refractivity contribution in [2.45, 2.75) is 63.5 Å². The van der Waals surface area contributed by atoms with Gasteiger partial charge in [0.25, 0.3) is 0 Å². The van der Waals surface area contributed by atoms with Crippen molar-refractivity contribution in [3.05, 3.63) is 54.1 Å². The number of urea groups is 1. The lowest BCUT2D eigenvalue weighted by Gasteiger charge is -2.41. The molecule has 0 spiro atoms. The number of nitrogens with two attached hydrogens (primary N) is 1. The highest BCUT2D eigenvalue weighted by Gasteiger charge is 2.43. The summed E-state index contributed by atoms with van der Waals surface area (Å²) in [5.41, 5.74) is 10.2. The first-order chi connectivity index (χ1) is 15.2. The van der Waals surface area contributed by atoms with Crippen molar-refractivity contribution in [3.8, 4) is 0 Å². The number of likely N-dealkylation sites (tertiary alicyclic amines) is 1. The summed E-state index contributed by atoms with van der Waals surface area (Å²) in [5, 5.41) is 0. The molecule has 2 aromatic rings.